The summed E-state index contributed by atoms with van der Waals surface area (Å²) in [6.07, 6.45) is 2.04. The average Bonchev–Trinajstić information content (AvgIpc) is 2.46. The SMILES string of the molecule is O=C(NNC(=O)C1CCCCO1)c1ccc(Cl)nn1. The highest BCUT2D eigenvalue weighted by molar-refractivity contribution is 6.29. The molecule has 0 bridgehead atoms. The lowest BCUT2D eigenvalue weighted by Crippen LogP contribution is -2.48. The molecule has 0 aromatic carbocycles. The number of nitrogens with zero attached hydrogens (tertiary/aromatic N) is 2. The molecular weight excluding hydrogens is 272 g/mol. The first-order chi connectivity index (χ1) is 9.16. The quantitative estimate of drug-likeness (QED) is 0.770. The first-order valence-electron chi connectivity index (χ1n) is 5.88. The summed E-state index contributed by atoms with van der Waals surface area (Å²) >= 11 is 5.55. The summed E-state index contributed by atoms with van der Waals surface area (Å²) in [7, 11) is 0. The summed E-state index contributed by atoms with van der Waals surface area (Å²) in [6, 6.07) is 2.85. The van der Waals surface area contributed by atoms with Crippen LogP contribution in [0.1, 0.15) is 29.8 Å². The van der Waals surface area contributed by atoms with Crippen molar-refractivity contribution in [1.82, 2.24) is 21.0 Å². The molecule has 2 N–H and O–H groups in total. The molecule has 1 aromatic heterocycles. The van der Waals surface area contributed by atoms with Gasteiger partial charge in [0.2, 0.25) is 0 Å². The van der Waals surface area contributed by atoms with Crippen LogP contribution in [0.3, 0.4) is 0 Å². The van der Waals surface area contributed by atoms with Gasteiger partial charge < -0.3 is 4.74 Å². The fourth-order valence-corrected chi connectivity index (χ4v) is 1.75. The maximum absolute atomic E-state index is 11.7. The van der Waals surface area contributed by atoms with E-state index in [4.69, 9.17) is 16.3 Å². The van der Waals surface area contributed by atoms with Gasteiger partial charge in [-0.15, -0.1) is 10.2 Å². The van der Waals surface area contributed by atoms with Gasteiger partial charge in [-0.2, -0.15) is 0 Å². The number of carbonyl (C=O) groups excluding carboxylic acids is 2. The van der Waals surface area contributed by atoms with E-state index in [1.54, 1.807) is 0 Å². The van der Waals surface area contributed by atoms with Gasteiger partial charge in [0.05, 0.1) is 0 Å². The molecule has 2 heterocycles. The number of halogens is 1. The van der Waals surface area contributed by atoms with Crippen molar-refractivity contribution in [2.45, 2.75) is 25.4 Å². The fraction of sp³-hybridized carbons (Fsp3) is 0.455. The Hall–Kier alpha value is -1.73. The predicted octanol–water partition coefficient (Wildman–Crippen LogP) is 0.460. The molecule has 2 rings (SSSR count). The van der Waals surface area contributed by atoms with E-state index < -0.39 is 12.0 Å². The standard InChI is InChI=1S/C11H13ClN4O3/c12-9-5-4-7(13-14-9)10(17)15-16-11(18)8-3-1-2-6-19-8/h4-5,8H,1-3,6H2,(H,15,17)(H,16,18). The Labute approximate surface area is 114 Å². The molecule has 0 aliphatic carbocycles. The molecule has 19 heavy (non-hydrogen) atoms. The molecule has 2 amide bonds. The summed E-state index contributed by atoms with van der Waals surface area (Å²) in [6.45, 7) is 0.564. The van der Waals surface area contributed by atoms with Gasteiger partial charge in [0, 0.05) is 6.61 Å². The maximum Gasteiger partial charge on any atom is 0.290 e. The average molecular weight is 285 g/mol. The van der Waals surface area contributed by atoms with Gasteiger partial charge in [-0.05, 0) is 31.4 Å². The van der Waals surface area contributed by atoms with E-state index in [1.165, 1.54) is 12.1 Å². The number of hydrazine groups is 1. The largest absolute Gasteiger partial charge is 0.368 e. The number of carbonyl (C=O) groups is 2. The number of ether oxygens (including phenoxy) is 1. The van der Waals surface area contributed by atoms with E-state index in [0.29, 0.717) is 13.0 Å². The van der Waals surface area contributed by atoms with Gasteiger partial charge in [-0.25, -0.2) is 0 Å². The first-order valence-corrected chi connectivity index (χ1v) is 6.25. The van der Waals surface area contributed by atoms with Crippen LogP contribution in [0.15, 0.2) is 12.1 Å². The molecule has 1 aliphatic rings. The minimum absolute atomic E-state index is 0.0641. The van der Waals surface area contributed by atoms with Crippen molar-refractivity contribution in [3.63, 3.8) is 0 Å². The molecule has 1 aliphatic heterocycles. The van der Waals surface area contributed by atoms with Crippen molar-refractivity contribution in [3.05, 3.63) is 23.0 Å². The third-order valence-electron chi connectivity index (χ3n) is 2.64. The smallest absolute Gasteiger partial charge is 0.290 e. The second kappa shape index (κ2) is 6.44. The molecule has 8 heteroatoms. The van der Waals surface area contributed by atoms with Crippen LogP contribution in [0.2, 0.25) is 5.15 Å². The predicted molar refractivity (Wildman–Crippen MR) is 66.2 cm³/mol. The minimum atomic E-state index is -0.562. The highest BCUT2D eigenvalue weighted by Crippen LogP contribution is 2.12. The zero-order valence-electron chi connectivity index (χ0n) is 10.1. The molecular formula is C11H13ClN4O3. The molecule has 1 fully saturated rings. The van der Waals surface area contributed by atoms with Crippen molar-refractivity contribution in [2.24, 2.45) is 0 Å². The molecule has 0 saturated carbocycles. The lowest BCUT2D eigenvalue weighted by molar-refractivity contribution is -0.136. The highest BCUT2D eigenvalue weighted by Gasteiger charge is 2.22. The molecule has 0 radical (unpaired) electrons. The van der Waals surface area contributed by atoms with E-state index in [0.717, 1.165) is 12.8 Å². The van der Waals surface area contributed by atoms with Crippen LogP contribution in [0, 0.1) is 0 Å². The lowest BCUT2D eigenvalue weighted by Gasteiger charge is -2.21. The molecule has 102 valence electrons. The zero-order chi connectivity index (χ0) is 13.7. The second-order valence-electron chi connectivity index (χ2n) is 4.04. The summed E-state index contributed by atoms with van der Waals surface area (Å²) in [5.41, 5.74) is 4.62. The van der Waals surface area contributed by atoms with Crippen LogP contribution in [0.5, 0.6) is 0 Å². The molecule has 0 spiro atoms. The van der Waals surface area contributed by atoms with E-state index in [2.05, 4.69) is 21.0 Å². The van der Waals surface area contributed by atoms with E-state index >= 15 is 0 Å². The van der Waals surface area contributed by atoms with E-state index in [9.17, 15) is 9.59 Å². The number of rotatable bonds is 2. The van der Waals surface area contributed by atoms with Crippen LogP contribution in [0.25, 0.3) is 0 Å². The van der Waals surface area contributed by atoms with Crippen molar-refractivity contribution < 1.29 is 14.3 Å². The number of amides is 2. The Balaban J connectivity index is 1.82. The summed E-state index contributed by atoms with van der Waals surface area (Å²) < 4.78 is 5.28. The van der Waals surface area contributed by atoms with Crippen LogP contribution in [-0.4, -0.2) is 34.7 Å². The van der Waals surface area contributed by atoms with Gasteiger partial charge in [-0.3, -0.25) is 20.4 Å². The van der Waals surface area contributed by atoms with Crippen LogP contribution < -0.4 is 10.9 Å². The van der Waals surface area contributed by atoms with Crippen LogP contribution in [0.4, 0.5) is 0 Å². The van der Waals surface area contributed by atoms with Crippen LogP contribution in [-0.2, 0) is 9.53 Å². The number of hydrogen-bond acceptors (Lipinski definition) is 5. The Morgan fingerprint density at radius 3 is 2.74 bits per heavy atom. The number of nitrogens with one attached hydrogen (secondary N) is 2. The van der Waals surface area contributed by atoms with Gasteiger partial charge in [0.1, 0.15) is 6.10 Å². The first kappa shape index (κ1) is 13.7. The minimum Gasteiger partial charge on any atom is -0.368 e. The van der Waals surface area contributed by atoms with Gasteiger partial charge >= 0.3 is 0 Å². The third kappa shape index (κ3) is 3.87. The highest BCUT2D eigenvalue weighted by atomic mass is 35.5. The molecule has 1 unspecified atom stereocenters. The fourth-order valence-electron chi connectivity index (χ4n) is 1.65. The number of hydrogen-bond donors (Lipinski definition) is 2. The normalized spacial score (nSPS) is 18.7. The molecule has 1 saturated heterocycles. The maximum atomic E-state index is 11.7. The Kier molecular flexibility index (Phi) is 4.64. The van der Waals surface area contributed by atoms with Crippen molar-refractivity contribution >= 4 is 23.4 Å². The zero-order valence-corrected chi connectivity index (χ0v) is 10.8. The molecule has 1 atom stereocenters. The topological polar surface area (TPSA) is 93.2 Å². The summed E-state index contributed by atoms with van der Waals surface area (Å²) in [5.74, 6) is -0.928. The van der Waals surface area contributed by atoms with Crippen LogP contribution >= 0.6 is 11.6 Å². The van der Waals surface area contributed by atoms with Gasteiger partial charge in [-0.1, -0.05) is 11.6 Å². The lowest BCUT2D eigenvalue weighted by atomic mass is 10.1. The van der Waals surface area contributed by atoms with E-state index in [-0.39, 0.29) is 16.8 Å². The third-order valence-corrected chi connectivity index (χ3v) is 2.84. The van der Waals surface area contributed by atoms with Crippen molar-refractivity contribution in [3.8, 4) is 0 Å². The summed E-state index contributed by atoms with van der Waals surface area (Å²) in [4.78, 5) is 23.3. The van der Waals surface area contributed by atoms with Crippen molar-refractivity contribution in [2.75, 3.05) is 6.61 Å². The number of aromatic nitrogens is 2. The monoisotopic (exact) mass is 284 g/mol. The molecule has 1 aromatic rings. The Morgan fingerprint density at radius 1 is 1.26 bits per heavy atom. The Morgan fingerprint density at radius 2 is 2.11 bits per heavy atom. The van der Waals surface area contributed by atoms with E-state index in [1.807, 2.05) is 0 Å². The second-order valence-corrected chi connectivity index (χ2v) is 4.43. The van der Waals surface area contributed by atoms with Gasteiger partial charge in [0.15, 0.2) is 10.8 Å². The summed E-state index contributed by atoms with van der Waals surface area (Å²) in [5, 5.41) is 7.32. The van der Waals surface area contributed by atoms with Crippen molar-refractivity contribution in [1.29, 1.82) is 0 Å². The Bertz CT molecular complexity index is 460. The molecule has 7 nitrogen and oxygen atoms in total. The van der Waals surface area contributed by atoms with Gasteiger partial charge in [0.25, 0.3) is 11.8 Å².